The van der Waals surface area contributed by atoms with E-state index in [1.807, 2.05) is 0 Å². The van der Waals surface area contributed by atoms with Crippen LogP contribution < -0.4 is 5.32 Å². The van der Waals surface area contributed by atoms with Gasteiger partial charge in [-0.3, -0.25) is 0 Å². The zero-order valence-corrected chi connectivity index (χ0v) is 5.26. The molecule has 4 heteroatoms. The summed E-state index contributed by atoms with van der Waals surface area (Å²) < 4.78 is 0. The first-order valence-electron chi connectivity index (χ1n) is 2.57. The Labute approximate surface area is 53.7 Å². The van der Waals surface area contributed by atoms with Gasteiger partial charge in [0, 0.05) is 0 Å². The molecule has 52 valence electrons. The summed E-state index contributed by atoms with van der Waals surface area (Å²) in [5, 5.41) is 27.6. The summed E-state index contributed by atoms with van der Waals surface area (Å²) in [5.74, 6) is 0. The average molecular weight is 130 g/mol. The summed E-state index contributed by atoms with van der Waals surface area (Å²) >= 11 is 0. The van der Waals surface area contributed by atoms with Crippen molar-refractivity contribution in [3.8, 4) is 6.19 Å². The molecule has 0 aliphatic rings. The third kappa shape index (κ3) is 3.76. The summed E-state index contributed by atoms with van der Waals surface area (Å²) in [4.78, 5) is 0. The fraction of sp³-hybridized carbons (Fsp3) is 0.800. The Morgan fingerprint density at radius 1 is 1.78 bits per heavy atom. The Bertz CT molecular complexity index is 117. The molecule has 0 aromatic carbocycles. The van der Waals surface area contributed by atoms with Crippen LogP contribution in [0.5, 0.6) is 0 Å². The van der Waals surface area contributed by atoms with Gasteiger partial charge in [-0.05, 0) is 6.92 Å². The van der Waals surface area contributed by atoms with E-state index in [1.165, 1.54) is 6.92 Å². The van der Waals surface area contributed by atoms with Gasteiger partial charge in [0.1, 0.15) is 5.60 Å². The molecule has 0 spiro atoms. The predicted octanol–water partition coefficient (Wildman–Crippen LogP) is -1.20. The van der Waals surface area contributed by atoms with Crippen LogP contribution in [-0.2, 0) is 0 Å². The van der Waals surface area contributed by atoms with Crippen LogP contribution in [0.1, 0.15) is 6.92 Å². The Kier molecular flexibility index (Phi) is 2.99. The van der Waals surface area contributed by atoms with E-state index in [-0.39, 0.29) is 13.2 Å². The lowest BCUT2D eigenvalue weighted by molar-refractivity contribution is 0.00560. The van der Waals surface area contributed by atoms with Gasteiger partial charge in [0.05, 0.1) is 13.2 Å². The number of hydrogen-bond acceptors (Lipinski definition) is 4. The van der Waals surface area contributed by atoms with E-state index >= 15 is 0 Å². The Hall–Kier alpha value is -0.790. The molecule has 0 radical (unpaired) electrons. The normalized spacial score (nSPS) is 15.8. The number of hydrogen-bond donors (Lipinski definition) is 3. The number of nitrogens with one attached hydrogen (secondary N) is 1. The molecule has 0 fully saturated rings. The van der Waals surface area contributed by atoms with Gasteiger partial charge in [-0.25, -0.2) is 0 Å². The maximum Gasteiger partial charge on any atom is 0.176 e. The molecule has 0 heterocycles. The number of rotatable bonds is 3. The zero-order chi connectivity index (χ0) is 7.33. The van der Waals surface area contributed by atoms with Crippen LogP contribution in [0.2, 0.25) is 0 Å². The van der Waals surface area contributed by atoms with E-state index in [4.69, 9.17) is 15.5 Å². The number of aliphatic hydroxyl groups is 2. The van der Waals surface area contributed by atoms with Gasteiger partial charge in [0.25, 0.3) is 0 Å². The highest BCUT2D eigenvalue weighted by atomic mass is 16.3. The molecule has 4 nitrogen and oxygen atoms in total. The van der Waals surface area contributed by atoms with E-state index in [1.54, 1.807) is 6.19 Å². The predicted molar refractivity (Wildman–Crippen MR) is 31.3 cm³/mol. The summed E-state index contributed by atoms with van der Waals surface area (Å²) in [6.45, 7) is 1.18. The molecular weight excluding hydrogens is 120 g/mol. The van der Waals surface area contributed by atoms with Gasteiger partial charge in [-0.2, -0.15) is 5.26 Å². The smallest absolute Gasteiger partial charge is 0.176 e. The van der Waals surface area contributed by atoms with Crippen LogP contribution in [0.4, 0.5) is 0 Å². The van der Waals surface area contributed by atoms with E-state index in [9.17, 15) is 0 Å². The van der Waals surface area contributed by atoms with Crippen molar-refractivity contribution in [1.82, 2.24) is 5.32 Å². The Balaban J connectivity index is 3.48. The third-order valence-corrected chi connectivity index (χ3v) is 0.889. The molecule has 0 aromatic heterocycles. The van der Waals surface area contributed by atoms with Crippen molar-refractivity contribution < 1.29 is 10.2 Å². The Morgan fingerprint density at radius 3 is 2.67 bits per heavy atom. The van der Waals surface area contributed by atoms with E-state index in [2.05, 4.69) is 5.32 Å². The minimum Gasteiger partial charge on any atom is -0.393 e. The van der Waals surface area contributed by atoms with Gasteiger partial charge in [0.2, 0.25) is 0 Å². The van der Waals surface area contributed by atoms with Crippen LogP contribution in [-0.4, -0.2) is 29.0 Å². The molecule has 0 aliphatic heterocycles. The van der Waals surface area contributed by atoms with Crippen molar-refractivity contribution in [2.45, 2.75) is 12.5 Å². The minimum absolute atomic E-state index is 0.0833. The second-order valence-corrected chi connectivity index (χ2v) is 2.12. The summed E-state index contributed by atoms with van der Waals surface area (Å²) in [7, 11) is 0. The second kappa shape index (κ2) is 3.28. The molecule has 9 heavy (non-hydrogen) atoms. The van der Waals surface area contributed by atoms with E-state index < -0.39 is 5.60 Å². The van der Waals surface area contributed by atoms with Gasteiger partial charge in [-0.15, -0.1) is 0 Å². The van der Waals surface area contributed by atoms with Crippen molar-refractivity contribution in [2.24, 2.45) is 0 Å². The SMILES string of the molecule is CC(O)(CO)CNC#N. The van der Waals surface area contributed by atoms with Gasteiger partial charge in [-0.1, -0.05) is 0 Å². The molecule has 0 saturated heterocycles. The van der Waals surface area contributed by atoms with Gasteiger partial charge in [0.15, 0.2) is 6.19 Å². The van der Waals surface area contributed by atoms with Crippen LogP contribution in [0.3, 0.4) is 0 Å². The molecule has 0 bridgehead atoms. The fourth-order valence-electron chi connectivity index (χ4n) is 0.286. The molecule has 1 unspecified atom stereocenters. The number of nitrogens with zero attached hydrogens (tertiary/aromatic N) is 1. The minimum atomic E-state index is -1.18. The van der Waals surface area contributed by atoms with E-state index in [0.29, 0.717) is 0 Å². The van der Waals surface area contributed by atoms with Crippen molar-refractivity contribution >= 4 is 0 Å². The Morgan fingerprint density at radius 2 is 2.33 bits per heavy atom. The average Bonchev–Trinajstić information content (AvgIpc) is 1.84. The first kappa shape index (κ1) is 8.21. The standard InChI is InChI=1S/C5H10N2O2/c1-5(9,3-8)2-7-4-6/h7-9H,2-3H2,1H3. The lowest BCUT2D eigenvalue weighted by Crippen LogP contribution is -2.39. The van der Waals surface area contributed by atoms with Crippen molar-refractivity contribution in [2.75, 3.05) is 13.2 Å². The highest BCUT2D eigenvalue weighted by molar-refractivity contribution is 4.78. The van der Waals surface area contributed by atoms with Crippen molar-refractivity contribution in [1.29, 1.82) is 5.26 Å². The monoisotopic (exact) mass is 130 g/mol. The highest BCUT2D eigenvalue weighted by Crippen LogP contribution is 1.96. The van der Waals surface area contributed by atoms with Gasteiger partial charge >= 0.3 is 0 Å². The fourth-order valence-corrected chi connectivity index (χ4v) is 0.286. The first-order chi connectivity index (χ1) is 4.12. The van der Waals surface area contributed by atoms with Crippen molar-refractivity contribution in [3.63, 3.8) is 0 Å². The van der Waals surface area contributed by atoms with Crippen LogP contribution in [0.15, 0.2) is 0 Å². The molecule has 0 aromatic rings. The van der Waals surface area contributed by atoms with Crippen LogP contribution in [0, 0.1) is 11.5 Å². The maximum absolute atomic E-state index is 8.99. The van der Waals surface area contributed by atoms with Crippen molar-refractivity contribution in [3.05, 3.63) is 0 Å². The molecule has 0 aliphatic carbocycles. The van der Waals surface area contributed by atoms with Crippen LogP contribution in [0.25, 0.3) is 0 Å². The third-order valence-electron chi connectivity index (χ3n) is 0.889. The molecule has 0 saturated carbocycles. The van der Waals surface area contributed by atoms with E-state index in [0.717, 1.165) is 0 Å². The topological polar surface area (TPSA) is 76.3 Å². The molecular formula is C5H10N2O2. The lowest BCUT2D eigenvalue weighted by atomic mass is 10.1. The number of aliphatic hydroxyl groups excluding tert-OH is 1. The van der Waals surface area contributed by atoms with Gasteiger partial charge < -0.3 is 15.5 Å². The largest absolute Gasteiger partial charge is 0.393 e. The quantitative estimate of drug-likeness (QED) is 0.331. The lowest BCUT2D eigenvalue weighted by Gasteiger charge is -2.17. The molecule has 0 amide bonds. The molecule has 3 N–H and O–H groups in total. The molecule has 1 atom stereocenters. The molecule has 0 rings (SSSR count). The maximum atomic E-state index is 8.99. The first-order valence-corrected chi connectivity index (χ1v) is 2.57. The highest BCUT2D eigenvalue weighted by Gasteiger charge is 2.17. The summed E-state index contributed by atoms with van der Waals surface area (Å²) in [5.41, 5.74) is -1.18. The number of nitriles is 1. The second-order valence-electron chi connectivity index (χ2n) is 2.12. The summed E-state index contributed by atoms with van der Waals surface area (Å²) in [6, 6.07) is 0. The van der Waals surface area contributed by atoms with Crippen LogP contribution >= 0.6 is 0 Å². The summed E-state index contributed by atoms with van der Waals surface area (Å²) in [6.07, 6.45) is 1.64. The zero-order valence-electron chi connectivity index (χ0n) is 5.26.